The summed E-state index contributed by atoms with van der Waals surface area (Å²) in [7, 11) is 0. The van der Waals surface area contributed by atoms with Gasteiger partial charge in [0.1, 0.15) is 0 Å². The van der Waals surface area contributed by atoms with Gasteiger partial charge in [0.25, 0.3) is 0 Å². The summed E-state index contributed by atoms with van der Waals surface area (Å²) in [6, 6.07) is 0. The average molecular weight is 202 g/mol. The third-order valence-corrected chi connectivity index (χ3v) is 3.09. The van der Waals surface area contributed by atoms with Crippen LogP contribution >= 0.6 is 0 Å². The quantitative estimate of drug-likeness (QED) is 0.557. The summed E-state index contributed by atoms with van der Waals surface area (Å²) in [6.45, 7) is 1.59. The molecule has 0 nitrogen and oxygen atoms in total. The van der Waals surface area contributed by atoms with E-state index in [0.29, 0.717) is 17.6 Å². The van der Waals surface area contributed by atoms with Crippen molar-refractivity contribution in [2.45, 2.75) is 38.8 Å². The molecule has 1 unspecified atom stereocenters. The maximum atomic E-state index is 12.7. The Kier molecular flexibility index (Phi) is 2.20. The van der Waals surface area contributed by atoms with Crippen molar-refractivity contribution in [3.63, 3.8) is 0 Å². The van der Waals surface area contributed by atoms with Crippen molar-refractivity contribution in [2.75, 3.05) is 0 Å². The van der Waals surface area contributed by atoms with Gasteiger partial charge in [-0.25, -0.2) is 0 Å². The van der Waals surface area contributed by atoms with Crippen LogP contribution in [0, 0.1) is 5.92 Å². The van der Waals surface area contributed by atoms with E-state index in [2.05, 4.69) is 0 Å². The smallest absolute Gasteiger partial charge is 0.170 e. The predicted molar refractivity (Wildman–Crippen MR) is 48.8 cm³/mol. The Bertz CT molecular complexity index is 307. The molecule has 2 rings (SSSR count). The minimum absolute atomic E-state index is 0.476. The molecule has 0 fully saturated rings. The number of rotatable bonds is 0. The first-order valence-electron chi connectivity index (χ1n) is 4.97. The minimum Gasteiger partial charge on any atom is -0.170 e. The van der Waals surface area contributed by atoms with E-state index in [9.17, 15) is 13.2 Å². The number of hydrogen-bond acceptors (Lipinski definition) is 0. The van der Waals surface area contributed by atoms with Gasteiger partial charge in [0, 0.05) is 0 Å². The molecule has 78 valence electrons. The van der Waals surface area contributed by atoms with E-state index >= 15 is 0 Å². The van der Waals surface area contributed by atoms with E-state index in [1.54, 1.807) is 13.0 Å². The molecule has 14 heavy (non-hydrogen) atoms. The lowest BCUT2D eigenvalue weighted by Gasteiger charge is -2.23. The topological polar surface area (TPSA) is 0 Å². The maximum Gasteiger partial charge on any atom is 0.399 e. The van der Waals surface area contributed by atoms with Crippen LogP contribution in [-0.2, 0) is 0 Å². The number of allylic oxidation sites excluding steroid dienone is 4. The van der Waals surface area contributed by atoms with Gasteiger partial charge in [0.2, 0.25) is 0 Å². The molecule has 0 aromatic carbocycles. The highest BCUT2D eigenvalue weighted by atomic mass is 19.4. The van der Waals surface area contributed by atoms with Gasteiger partial charge in [-0.3, -0.25) is 0 Å². The third-order valence-electron chi connectivity index (χ3n) is 3.09. The Labute approximate surface area is 81.5 Å². The second-order valence-electron chi connectivity index (χ2n) is 4.12. The van der Waals surface area contributed by atoms with Crippen molar-refractivity contribution in [1.29, 1.82) is 0 Å². The fraction of sp³-hybridized carbons (Fsp3) is 0.636. The molecule has 0 radical (unpaired) electrons. The first-order chi connectivity index (χ1) is 6.50. The van der Waals surface area contributed by atoms with Gasteiger partial charge in [-0.05, 0) is 38.2 Å². The summed E-state index contributed by atoms with van der Waals surface area (Å²) in [6.07, 6.45) is 1.06. The lowest BCUT2D eigenvalue weighted by molar-refractivity contribution is -0.154. The molecule has 1 atom stereocenters. The van der Waals surface area contributed by atoms with Gasteiger partial charge >= 0.3 is 6.18 Å². The van der Waals surface area contributed by atoms with Crippen molar-refractivity contribution < 1.29 is 13.2 Å². The molecule has 3 heteroatoms. The van der Waals surface area contributed by atoms with Gasteiger partial charge in [-0.2, -0.15) is 13.2 Å². The zero-order chi connectivity index (χ0) is 10.3. The highest BCUT2D eigenvalue weighted by Gasteiger charge is 2.46. The van der Waals surface area contributed by atoms with Crippen LogP contribution in [-0.4, -0.2) is 6.18 Å². The first-order valence-corrected chi connectivity index (χ1v) is 4.97. The van der Waals surface area contributed by atoms with Crippen molar-refractivity contribution >= 4 is 0 Å². The Balaban J connectivity index is 2.34. The number of halogens is 3. The second kappa shape index (κ2) is 3.14. The zero-order valence-electron chi connectivity index (χ0n) is 8.12. The standard InChI is InChI=1S/C11H13F3/c1-7-6-8-4-2-3-5-9(8)10(7)11(12,13)14/h6,10H,2-5H2,1H3. The van der Waals surface area contributed by atoms with Gasteiger partial charge in [0.15, 0.2) is 0 Å². The molecule has 0 saturated carbocycles. The molecular formula is C11H13F3. The van der Waals surface area contributed by atoms with Crippen LogP contribution in [0.3, 0.4) is 0 Å². The van der Waals surface area contributed by atoms with Crippen LogP contribution in [0.5, 0.6) is 0 Å². The molecule has 2 aliphatic carbocycles. The molecule has 0 aromatic heterocycles. The lowest BCUT2D eigenvalue weighted by atomic mass is 9.87. The van der Waals surface area contributed by atoms with Crippen LogP contribution in [0.2, 0.25) is 0 Å². The van der Waals surface area contributed by atoms with Gasteiger partial charge in [-0.15, -0.1) is 0 Å². The van der Waals surface area contributed by atoms with Crippen molar-refractivity contribution in [2.24, 2.45) is 5.92 Å². The summed E-state index contributed by atoms with van der Waals surface area (Å²) in [5, 5.41) is 0. The number of hydrogen-bond donors (Lipinski definition) is 0. The normalized spacial score (nSPS) is 27.7. The largest absolute Gasteiger partial charge is 0.399 e. The molecule has 0 aliphatic heterocycles. The Morgan fingerprint density at radius 3 is 2.50 bits per heavy atom. The van der Waals surface area contributed by atoms with Crippen LogP contribution in [0.4, 0.5) is 13.2 Å². The third kappa shape index (κ3) is 1.49. The Morgan fingerprint density at radius 2 is 1.86 bits per heavy atom. The molecule has 0 aromatic rings. The van der Waals surface area contributed by atoms with Gasteiger partial charge in [0.05, 0.1) is 5.92 Å². The fourth-order valence-electron chi connectivity index (χ4n) is 2.54. The predicted octanol–water partition coefficient (Wildman–Crippen LogP) is 4.00. The van der Waals surface area contributed by atoms with E-state index < -0.39 is 12.1 Å². The van der Waals surface area contributed by atoms with Gasteiger partial charge in [-0.1, -0.05) is 17.2 Å². The zero-order valence-corrected chi connectivity index (χ0v) is 8.12. The SMILES string of the molecule is CC1=CC2=C(CCCC2)C1C(F)(F)F. The fourth-order valence-corrected chi connectivity index (χ4v) is 2.54. The van der Waals surface area contributed by atoms with Crippen molar-refractivity contribution in [3.8, 4) is 0 Å². The molecule has 0 saturated heterocycles. The maximum absolute atomic E-state index is 12.7. The lowest BCUT2D eigenvalue weighted by Crippen LogP contribution is -2.25. The Morgan fingerprint density at radius 1 is 1.21 bits per heavy atom. The molecule has 0 bridgehead atoms. The summed E-state index contributed by atoms with van der Waals surface area (Å²) in [4.78, 5) is 0. The van der Waals surface area contributed by atoms with E-state index in [4.69, 9.17) is 0 Å². The van der Waals surface area contributed by atoms with E-state index in [-0.39, 0.29) is 0 Å². The van der Waals surface area contributed by atoms with Crippen LogP contribution in [0.25, 0.3) is 0 Å². The highest BCUT2D eigenvalue weighted by Crippen LogP contribution is 2.47. The molecule has 0 amide bonds. The van der Waals surface area contributed by atoms with Crippen LogP contribution in [0.1, 0.15) is 32.6 Å². The molecule has 0 N–H and O–H groups in total. The second-order valence-corrected chi connectivity index (χ2v) is 4.12. The van der Waals surface area contributed by atoms with E-state index in [1.807, 2.05) is 0 Å². The summed E-state index contributed by atoms with van der Waals surface area (Å²) < 4.78 is 38.1. The van der Waals surface area contributed by atoms with Gasteiger partial charge < -0.3 is 0 Å². The van der Waals surface area contributed by atoms with E-state index in [0.717, 1.165) is 24.8 Å². The summed E-state index contributed by atoms with van der Waals surface area (Å²) in [5.74, 6) is -1.27. The number of alkyl halides is 3. The molecule has 0 spiro atoms. The summed E-state index contributed by atoms with van der Waals surface area (Å²) in [5.41, 5.74) is 2.07. The van der Waals surface area contributed by atoms with Crippen molar-refractivity contribution in [3.05, 3.63) is 22.8 Å². The molecule has 2 aliphatic rings. The Hall–Kier alpha value is -0.730. The monoisotopic (exact) mass is 202 g/mol. The highest BCUT2D eigenvalue weighted by molar-refractivity contribution is 5.43. The molecular weight excluding hydrogens is 189 g/mol. The average Bonchev–Trinajstić information content (AvgIpc) is 2.38. The van der Waals surface area contributed by atoms with Crippen LogP contribution < -0.4 is 0 Å². The van der Waals surface area contributed by atoms with E-state index in [1.165, 1.54) is 0 Å². The first kappa shape index (κ1) is 9.81. The summed E-state index contributed by atoms with van der Waals surface area (Å²) >= 11 is 0. The minimum atomic E-state index is -4.09. The molecule has 0 heterocycles. The van der Waals surface area contributed by atoms with Crippen LogP contribution in [0.15, 0.2) is 22.8 Å². The van der Waals surface area contributed by atoms with Crippen molar-refractivity contribution in [1.82, 2.24) is 0 Å².